The van der Waals surface area contributed by atoms with Gasteiger partial charge in [0.1, 0.15) is 0 Å². The quantitative estimate of drug-likeness (QED) is 0.235. The zero-order valence-corrected chi connectivity index (χ0v) is 20.2. The third kappa shape index (κ3) is 3.92. The molecule has 0 fully saturated rings. The van der Waals surface area contributed by atoms with E-state index in [-0.39, 0.29) is 0 Å². The SMILES string of the molecule is CC(C)c1cc(-c2cccc(-c3ccccc3)c2)ccc1-c1cc2ccccc2c2ccccc12. The second kappa shape index (κ2) is 8.89. The minimum Gasteiger partial charge on any atom is -0.0622 e. The van der Waals surface area contributed by atoms with Crippen LogP contribution in [-0.2, 0) is 0 Å². The summed E-state index contributed by atoms with van der Waals surface area (Å²) in [6.45, 7) is 4.60. The Morgan fingerprint density at radius 1 is 0.400 bits per heavy atom. The highest BCUT2D eigenvalue weighted by Crippen LogP contribution is 2.40. The number of rotatable bonds is 4. The molecule has 0 atom stereocenters. The summed E-state index contributed by atoms with van der Waals surface area (Å²) in [5, 5.41) is 5.23. The van der Waals surface area contributed by atoms with Crippen molar-refractivity contribution in [1.29, 1.82) is 0 Å². The molecule has 0 saturated heterocycles. The normalized spacial score (nSPS) is 11.4. The molecule has 0 aliphatic rings. The van der Waals surface area contributed by atoms with E-state index in [9.17, 15) is 0 Å². The molecule has 6 aromatic carbocycles. The Morgan fingerprint density at radius 3 is 1.77 bits per heavy atom. The first-order chi connectivity index (χ1) is 17.2. The zero-order valence-electron chi connectivity index (χ0n) is 20.2. The van der Waals surface area contributed by atoms with Crippen molar-refractivity contribution < 1.29 is 0 Å². The second-order valence-corrected chi connectivity index (χ2v) is 9.59. The molecule has 168 valence electrons. The van der Waals surface area contributed by atoms with E-state index in [1.165, 1.54) is 60.5 Å². The fraction of sp³-hybridized carbons (Fsp3) is 0.0857. The summed E-state index contributed by atoms with van der Waals surface area (Å²) in [6.07, 6.45) is 0. The Morgan fingerprint density at radius 2 is 1.00 bits per heavy atom. The first kappa shape index (κ1) is 21.4. The maximum atomic E-state index is 2.40. The fourth-order valence-corrected chi connectivity index (χ4v) is 5.25. The Hall–Kier alpha value is -4.16. The van der Waals surface area contributed by atoms with Crippen LogP contribution in [0.4, 0.5) is 0 Å². The predicted octanol–water partition coefficient (Wildman–Crippen LogP) is 10.1. The number of fused-ring (bicyclic) bond motifs is 3. The maximum Gasteiger partial charge on any atom is -0.00961 e. The summed E-state index contributed by atoms with van der Waals surface area (Å²) < 4.78 is 0. The van der Waals surface area contributed by atoms with E-state index in [4.69, 9.17) is 0 Å². The summed E-state index contributed by atoms with van der Waals surface area (Å²) >= 11 is 0. The van der Waals surface area contributed by atoms with Crippen molar-refractivity contribution in [2.24, 2.45) is 0 Å². The van der Waals surface area contributed by atoms with Gasteiger partial charge in [-0.2, -0.15) is 0 Å². The molecule has 0 spiro atoms. The van der Waals surface area contributed by atoms with Crippen LogP contribution in [0.25, 0.3) is 54.9 Å². The molecule has 0 unspecified atom stereocenters. The van der Waals surface area contributed by atoms with Crippen LogP contribution in [0.2, 0.25) is 0 Å². The van der Waals surface area contributed by atoms with Crippen molar-refractivity contribution >= 4 is 21.5 Å². The fourth-order valence-electron chi connectivity index (χ4n) is 5.25. The van der Waals surface area contributed by atoms with E-state index in [0.29, 0.717) is 5.92 Å². The van der Waals surface area contributed by atoms with Crippen molar-refractivity contribution in [2.45, 2.75) is 19.8 Å². The van der Waals surface area contributed by atoms with E-state index in [0.717, 1.165) is 0 Å². The van der Waals surface area contributed by atoms with Crippen LogP contribution in [0.3, 0.4) is 0 Å². The summed E-state index contributed by atoms with van der Waals surface area (Å²) in [7, 11) is 0. The zero-order chi connectivity index (χ0) is 23.8. The molecule has 0 bridgehead atoms. The number of hydrogen-bond donors (Lipinski definition) is 0. The van der Waals surface area contributed by atoms with Gasteiger partial charge in [0.25, 0.3) is 0 Å². The maximum absolute atomic E-state index is 2.40. The van der Waals surface area contributed by atoms with E-state index < -0.39 is 0 Å². The van der Waals surface area contributed by atoms with Gasteiger partial charge in [0.2, 0.25) is 0 Å². The molecular weight excluding hydrogens is 420 g/mol. The minimum absolute atomic E-state index is 0.410. The molecule has 0 amide bonds. The molecule has 0 heteroatoms. The van der Waals surface area contributed by atoms with Gasteiger partial charge in [-0.3, -0.25) is 0 Å². The van der Waals surface area contributed by atoms with Gasteiger partial charge in [0.15, 0.2) is 0 Å². The van der Waals surface area contributed by atoms with Crippen LogP contribution in [0.1, 0.15) is 25.3 Å². The second-order valence-electron chi connectivity index (χ2n) is 9.59. The molecule has 0 radical (unpaired) electrons. The number of benzene rings is 6. The lowest BCUT2D eigenvalue weighted by molar-refractivity contribution is 0.870. The Kier molecular flexibility index (Phi) is 5.43. The van der Waals surface area contributed by atoms with Gasteiger partial charge in [-0.1, -0.05) is 129 Å². The predicted molar refractivity (Wildman–Crippen MR) is 152 cm³/mol. The summed E-state index contributed by atoms with van der Waals surface area (Å²) in [6, 6.07) is 46.4. The van der Waals surface area contributed by atoms with Crippen LogP contribution in [0.5, 0.6) is 0 Å². The monoisotopic (exact) mass is 448 g/mol. The Balaban J connectivity index is 1.53. The third-order valence-corrected chi connectivity index (χ3v) is 7.03. The molecule has 6 aromatic rings. The van der Waals surface area contributed by atoms with Gasteiger partial charge < -0.3 is 0 Å². The van der Waals surface area contributed by atoms with Crippen LogP contribution < -0.4 is 0 Å². The van der Waals surface area contributed by atoms with Crippen LogP contribution >= 0.6 is 0 Å². The Bertz CT molecular complexity index is 1660. The first-order valence-corrected chi connectivity index (χ1v) is 12.4. The Labute approximate surface area is 207 Å². The molecule has 0 heterocycles. The van der Waals surface area contributed by atoms with Crippen molar-refractivity contribution in [3.05, 3.63) is 133 Å². The average molecular weight is 449 g/mol. The van der Waals surface area contributed by atoms with Gasteiger partial charge in [-0.25, -0.2) is 0 Å². The summed E-state index contributed by atoms with van der Waals surface area (Å²) in [5.74, 6) is 0.410. The van der Waals surface area contributed by atoms with Gasteiger partial charge in [-0.15, -0.1) is 0 Å². The molecule has 6 rings (SSSR count). The van der Waals surface area contributed by atoms with E-state index >= 15 is 0 Å². The standard InChI is InChI=1S/C35H28/c1-24(2)34-22-28(27-15-10-14-26(21-27)25-11-4-3-5-12-25)19-20-33(34)35-23-29-13-6-7-16-30(29)31-17-8-9-18-32(31)35/h3-24H,1-2H3. The lowest BCUT2D eigenvalue weighted by atomic mass is 9.86. The van der Waals surface area contributed by atoms with E-state index in [2.05, 4.69) is 141 Å². The van der Waals surface area contributed by atoms with Crippen LogP contribution in [-0.4, -0.2) is 0 Å². The van der Waals surface area contributed by atoms with Crippen molar-refractivity contribution in [1.82, 2.24) is 0 Å². The van der Waals surface area contributed by atoms with Crippen LogP contribution in [0, 0.1) is 0 Å². The van der Waals surface area contributed by atoms with Crippen LogP contribution in [0.15, 0.2) is 127 Å². The molecule has 0 aliphatic heterocycles. The van der Waals surface area contributed by atoms with Crippen molar-refractivity contribution in [3.63, 3.8) is 0 Å². The van der Waals surface area contributed by atoms with Crippen molar-refractivity contribution in [3.8, 4) is 33.4 Å². The van der Waals surface area contributed by atoms with E-state index in [1.54, 1.807) is 0 Å². The molecule has 0 saturated carbocycles. The van der Waals surface area contributed by atoms with Crippen molar-refractivity contribution in [2.75, 3.05) is 0 Å². The smallest absolute Gasteiger partial charge is 0.00961 e. The summed E-state index contributed by atoms with van der Waals surface area (Å²) in [4.78, 5) is 0. The topological polar surface area (TPSA) is 0 Å². The minimum atomic E-state index is 0.410. The van der Waals surface area contributed by atoms with Gasteiger partial charge in [0.05, 0.1) is 0 Å². The summed E-state index contributed by atoms with van der Waals surface area (Å²) in [5.41, 5.74) is 9.03. The lowest BCUT2D eigenvalue weighted by Gasteiger charge is -2.18. The lowest BCUT2D eigenvalue weighted by Crippen LogP contribution is -1.95. The van der Waals surface area contributed by atoms with E-state index in [1.807, 2.05) is 0 Å². The highest BCUT2D eigenvalue weighted by Gasteiger charge is 2.15. The molecule has 0 N–H and O–H groups in total. The number of hydrogen-bond acceptors (Lipinski definition) is 0. The van der Waals surface area contributed by atoms with Gasteiger partial charge >= 0.3 is 0 Å². The largest absolute Gasteiger partial charge is 0.0622 e. The first-order valence-electron chi connectivity index (χ1n) is 12.4. The average Bonchev–Trinajstić information content (AvgIpc) is 2.93. The highest BCUT2D eigenvalue weighted by atomic mass is 14.2. The third-order valence-electron chi connectivity index (χ3n) is 7.03. The highest BCUT2D eigenvalue weighted by molar-refractivity contribution is 6.14. The molecule has 0 aliphatic carbocycles. The molecule has 0 nitrogen and oxygen atoms in total. The van der Waals surface area contributed by atoms with Gasteiger partial charge in [0, 0.05) is 0 Å². The molecule has 35 heavy (non-hydrogen) atoms. The molecule has 0 aromatic heterocycles. The van der Waals surface area contributed by atoms with Gasteiger partial charge in [-0.05, 0) is 78.5 Å². The molecular formula is C35H28.